The van der Waals surface area contributed by atoms with E-state index in [2.05, 4.69) is 0 Å². The van der Waals surface area contributed by atoms with E-state index in [4.69, 9.17) is 11.6 Å². The summed E-state index contributed by atoms with van der Waals surface area (Å²) in [4.78, 5) is 1.74. The van der Waals surface area contributed by atoms with Gasteiger partial charge in [0.15, 0.2) is 0 Å². The first kappa shape index (κ1) is 16.7. The van der Waals surface area contributed by atoms with Crippen LogP contribution in [0.1, 0.15) is 18.4 Å². The zero-order valence-electron chi connectivity index (χ0n) is 12.2. The molecule has 0 spiro atoms. The van der Waals surface area contributed by atoms with Gasteiger partial charge in [0.05, 0.1) is 0 Å². The van der Waals surface area contributed by atoms with Gasteiger partial charge in [-0.25, -0.2) is 12.8 Å². The number of rotatable bonds is 4. The molecule has 4 nitrogen and oxygen atoms in total. The van der Waals surface area contributed by atoms with Crippen LogP contribution in [0.3, 0.4) is 0 Å². The highest BCUT2D eigenvalue weighted by Gasteiger charge is 2.32. The predicted octanol–water partition coefficient (Wildman–Crippen LogP) is 2.28. The zero-order valence-corrected chi connectivity index (χ0v) is 13.8. The van der Waals surface area contributed by atoms with Crippen LogP contribution in [-0.2, 0) is 15.9 Å². The van der Waals surface area contributed by atoms with E-state index < -0.39 is 15.8 Å². The maximum absolute atomic E-state index is 14.1. The quantitative estimate of drug-likeness (QED) is 0.793. The lowest BCUT2D eigenvalue weighted by Crippen LogP contribution is -2.47. The first-order valence-electron chi connectivity index (χ1n) is 6.87. The molecule has 1 saturated heterocycles. The molecule has 118 valence electrons. The average Bonchev–Trinajstić information content (AvgIpc) is 2.46. The van der Waals surface area contributed by atoms with E-state index in [-0.39, 0.29) is 16.8 Å². The summed E-state index contributed by atoms with van der Waals surface area (Å²) in [6, 6.07) is 4.21. The van der Waals surface area contributed by atoms with Crippen molar-refractivity contribution < 1.29 is 12.8 Å². The molecule has 21 heavy (non-hydrogen) atoms. The highest BCUT2D eigenvalue weighted by atomic mass is 35.5. The van der Waals surface area contributed by atoms with Crippen molar-refractivity contribution in [1.29, 1.82) is 0 Å². The molecule has 1 aromatic rings. The van der Waals surface area contributed by atoms with Gasteiger partial charge < -0.3 is 4.90 Å². The number of alkyl halides is 1. The lowest BCUT2D eigenvalue weighted by Gasteiger charge is -2.35. The Hall–Kier alpha value is -0.690. The molecule has 1 aliphatic heterocycles. The summed E-state index contributed by atoms with van der Waals surface area (Å²) in [6.45, 7) is 0.829. The molecule has 0 aromatic heterocycles. The van der Waals surface area contributed by atoms with E-state index in [9.17, 15) is 12.8 Å². The minimum absolute atomic E-state index is 0.156. The van der Waals surface area contributed by atoms with Crippen molar-refractivity contribution in [3.63, 3.8) is 0 Å². The van der Waals surface area contributed by atoms with E-state index in [1.807, 2.05) is 19.0 Å². The molecule has 1 heterocycles. The van der Waals surface area contributed by atoms with E-state index in [0.29, 0.717) is 18.7 Å². The Labute approximate surface area is 130 Å². The van der Waals surface area contributed by atoms with Gasteiger partial charge in [-0.1, -0.05) is 6.07 Å². The van der Waals surface area contributed by atoms with Crippen LogP contribution in [0.25, 0.3) is 0 Å². The molecule has 1 unspecified atom stereocenters. The van der Waals surface area contributed by atoms with E-state index in [1.54, 1.807) is 6.07 Å². The average molecular weight is 335 g/mol. The second-order valence-electron chi connectivity index (χ2n) is 5.52. The van der Waals surface area contributed by atoms with Gasteiger partial charge in [-0.2, -0.15) is 4.31 Å². The Morgan fingerprint density at radius 1 is 1.43 bits per heavy atom. The molecule has 1 aliphatic rings. The normalized spacial score (nSPS) is 20.9. The smallest absolute Gasteiger partial charge is 0.246 e. The molecule has 1 aromatic carbocycles. The predicted molar refractivity (Wildman–Crippen MR) is 81.4 cm³/mol. The van der Waals surface area contributed by atoms with Crippen LogP contribution in [0, 0.1) is 5.82 Å². The van der Waals surface area contributed by atoms with Crippen LogP contribution in [0.2, 0.25) is 0 Å². The number of hydrogen-bond donors (Lipinski definition) is 0. The second-order valence-corrected chi connectivity index (χ2v) is 7.69. The lowest BCUT2D eigenvalue weighted by atomic mass is 10.1. The fourth-order valence-electron chi connectivity index (χ4n) is 2.54. The SMILES string of the molecule is CN(C)C1CCCN(S(=O)(=O)c2ccc(CCl)cc2F)C1. The van der Waals surface area contributed by atoms with Crippen molar-refractivity contribution in [3.05, 3.63) is 29.6 Å². The number of hydrogen-bond acceptors (Lipinski definition) is 3. The van der Waals surface area contributed by atoms with Crippen molar-refractivity contribution in [3.8, 4) is 0 Å². The number of piperidine rings is 1. The Morgan fingerprint density at radius 3 is 2.71 bits per heavy atom. The molecule has 7 heteroatoms. The van der Waals surface area contributed by atoms with Gasteiger partial charge in [0, 0.05) is 25.0 Å². The fourth-order valence-corrected chi connectivity index (χ4v) is 4.26. The van der Waals surface area contributed by atoms with Gasteiger partial charge in [0.2, 0.25) is 10.0 Å². The van der Waals surface area contributed by atoms with E-state index in [0.717, 1.165) is 12.8 Å². The molecule has 0 N–H and O–H groups in total. The maximum Gasteiger partial charge on any atom is 0.246 e. The van der Waals surface area contributed by atoms with Gasteiger partial charge in [0.1, 0.15) is 10.7 Å². The Morgan fingerprint density at radius 2 is 2.14 bits per heavy atom. The van der Waals surface area contributed by atoms with Crippen LogP contribution in [0.4, 0.5) is 4.39 Å². The van der Waals surface area contributed by atoms with Crippen molar-refractivity contribution in [2.45, 2.75) is 29.7 Å². The van der Waals surface area contributed by atoms with Gasteiger partial charge in [-0.05, 0) is 44.6 Å². The number of nitrogens with zero attached hydrogens (tertiary/aromatic N) is 2. The third-order valence-corrected chi connectivity index (χ3v) is 6.06. The summed E-state index contributed by atoms with van der Waals surface area (Å²) in [5.41, 5.74) is 0.568. The fraction of sp³-hybridized carbons (Fsp3) is 0.571. The first-order valence-corrected chi connectivity index (χ1v) is 8.84. The minimum atomic E-state index is -3.80. The largest absolute Gasteiger partial charge is 0.305 e. The highest BCUT2D eigenvalue weighted by Crippen LogP contribution is 2.25. The molecule has 2 rings (SSSR count). The lowest BCUT2D eigenvalue weighted by molar-refractivity contribution is 0.190. The van der Waals surface area contributed by atoms with E-state index >= 15 is 0 Å². The molecule has 0 amide bonds. The van der Waals surface area contributed by atoms with Crippen LogP contribution in [0.5, 0.6) is 0 Å². The number of benzene rings is 1. The van der Waals surface area contributed by atoms with Gasteiger partial charge in [0.25, 0.3) is 0 Å². The first-order chi connectivity index (χ1) is 9.86. The van der Waals surface area contributed by atoms with E-state index in [1.165, 1.54) is 16.4 Å². The maximum atomic E-state index is 14.1. The molecule has 1 fully saturated rings. The summed E-state index contributed by atoms with van der Waals surface area (Å²) in [6.07, 6.45) is 1.73. The monoisotopic (exact) mass is 334 g/mol. The van der Waals surface area contributed by atoms with Crippen molar-refractivity contribution in [2.75, 3.05) is 27.2 Å². The van der Waals surface area contributed by atoms with Crippen LogP contribution in [0.15, 0.2) is 23.1 Å². The van der Waals surface area contributed by atoms with Crippen LogP contribution < -0.4 is 0 Å². The summed E-state index contributed by atoms with van der Waals surface area (Å²) in [5.74, 6) is -0.580. The number of sulfonamides is 1. The molecule has 0 bridgehead atoms. The third kappa shape index (κ3) is 3.56. The Balaban J connectivity index is 2.29. The highest BCUT2D eigenvalue weighted by molar-refractivity contribution is 7.89. The second kappa shape index (κ2) is 6.60. The standard InChI is InChI=1S/C14H20ClFN2O2S/c1-17(2)12-4-3-7-18(10-12)21(19,20)14-6-5-11(9-15)8-13(14)16/h5-6,8,12H,3-4,7,9-10H2,1-2H3. The Kier molecular flexibility index (Phi) is 5.24. The summed E-state index contributed by atoms with van der Waals surface area (Å²) in [5, 5.41) is 0. The minimum Gasteiger partial charge on any atom is -0.305 e. The zero-order chi connectivity index (χ0) is 15.6. The van der Waals surface area contributed by atoms with Crippen LogP contribution in [-0.4, -0.2) is 50.8 Å². The Bertz CT molecular complexity index is 607. The summed E-state index contributed by atoms with van der Waals surface area (Å²) >= 11 is 5.64. The third-order valence-electron chi connectivity index (χ3n) is 3.86. The van der Waals surface area contributed by atoms with Crippen molar-refractivity contribution in [2.24, 2.45) is 0 Å². The van der Waals surface area contributed by atoms with Crippen molar-refractivity contribution >= 4 is 21.6 Å². The summed E-state index contributed by atoms with van der Waals surface area (Å²) in [7, 11) is 0.0589. The molecular weight excluding hydrogens is 315 g/mol. The van der Waals surface area contributed by atoms with Gasteiger partial charge >= 0.3 is 0 Å². The molecule has 0 radical (unpaired) electrons. The summed E-state index contributed by atoms with van der Waals surface area (Å²) < 4.78 is 40.7. The number of halogens is 2. The van der Waals surface area contributed by atoms with Crippen LogP contribution >= 0.6 is 11.6 Å². The van der Waals surface area contributed by atoms with Crippen molar-refractivity contribution in [1.82, 2.24) is 9.21 Å². The topological polar surface area (TPSA) is 40.6 Å². The molecule has 1 atom stereocenters. The molecule has 0 aliphatic carbocycles. The van der Waals surface area contributed by atoms with Gasteiger partial charge in [-0.15, -0.1) is 11.6 Å². The molecular formula is C14H20ClFN2O2S. The van der Waals surface area contributed by atoms with Gasteiger partial charge in [-0.3, -0.25) is 0 Å². The number of likely N-dealkylation sites (N-methyl/N-ethyl adjacent to an activating group) is 1. The molecule has 0 saturated carbocycles.